The van der Waals surface area contributed by atoms with E-state index in [0.717, 1.165) is 36.6 Å². The second kappa shape index (κ2) is 8.27. The van der Waals surface area contributed by atoms with Gasteiger partial charge in [-0.15, -0.1) is 11.3 Å². The molecule has 0 bridgehead atoms. The van der Waals surface area contributed by atoms with Crippen LogP contribution in [0.4, 0.5) is 0 Å². The Morgan fingerprint density at radius 2 is 2.16 bits per heavy atom. The first kappa shape index (κ1) is 16.1. The van der Waals surface area contributed by atoms with Crippen LogP contribution in [0, 0.1) is 5.92 Å². The van der Waals surface area contributed by atoms with Gasteiger partial charge < -0.3 is 10.1 Å². The Kier molecular flexibility index (Phi) is 7.02. The number of nitrogens with zero attached hydrogens (tertiary/aromatic N) is 1. The van der Waals surface area contributed by atoms with Gasteiger partial charge in [-0.1, -0.05) is 20.8 Å². The molecule has 0 aliphatic carbocycles. The lowest BCUT2D eigenvalue weighted by Gasteiger charge is -2.04. The van der Waals surface area contributed by atoms with Crippen LogP contribution in [-0.2, 0) is 17.7 Å². The zero-order valence-electron chi connectivity index (χ0n) is 12.3. The van der Waals surface area contributed by atoms with Crippen LogP contribution in [0.5, 0.6) is 0 Å². The van der Waals surface area contributed by atoms with Gasteiger partial charge in [-0.05, 0) is 32.2 Å². The van der Waals surface area contributed by atoms with Gasteiger partial charge in [0.25, 0.3) is 0 Å². The Morgan fingerprint density at radius 3 is 2.74 bits per heavy atom. The number of rotatable bonds is 8. The molecule has 0 aliphatic rings. The molecule has 1 aromatic rings. The zero-order valence-corrected chi connectivity index (χ0v) is 13.1. The summed E-state index contributed by atoms with van der Waals surface area (Å²) in [5.41, 5.74) is 0.881. The molecule has 1 rings (SSSR count). The highest BCUT2D eigenvalue weighted by molar-refractivity contribution is 7.13. The molecule has 4 nitrogen and oxygen atoms in total. The first-order chi connectivity index (χ1) is 9.08. The molecule has 0 saturated heterocycles. The van der Waals surface area contributed by atoms with Crippen molar-refractivity contribution in [2.45, 2.75) is 47.1 Å². The van der Waals surface area contributed by atoms with Gasteiger partial charge in [-0.2, -0.15) is 0 Å². The van der Waals surface area contributed by atoms with Crippen molar-refractivity contribution >= 4 is 17.3 Å². The second-order valence-electron chi connectivity index (χ2n) is 4.88. The lowest BCUT2D eigenvalue weighted by molar-refractivity contribution is 0.0530. The number of nitrogens with one attached hydrogen (secondary N) is 1. The van der Waals surface area contributed by atoms with E-state index in [1.807, 2.05) is 6.92 Å². The summed E-state index contributed by atoms with van der Waals surface area (Å²) in [6.45, 7) is 10.3. The van der Waals surface area contributed by atoms with Crippen molar-refractivity contribution in [1.29, 1.82) is 0 Å². The minimum absolute atomic E-state index is 0.239. The highest BCUT2D eigenvalue weighted by Gasteiger charge is 2.19. The van der Waals surface area contributed by atoms with Crippen molar-refractivity contribution in [2.24, 2.45) is 5.92 Å². The fraction of sp³-hybridized carbons (Fsp3) is 0.714. The summed E-state index contributed by atoms with van der Waals surface area (Å²) in [7, 11) is 0. The number of hydrogen-bond donors (Lipinski definition) is 1. The Bertz CT molecular complexity index is 402. The van der Waals surface area contributed by atoms with E-state index in [1.165, 1.54) is 11.3 Å². The lowest BCUT2D eigenvalue weighted by Crippen LogP contribution is -2.13. The fourth-order valence-corrected chi connectivity index (χ4v) is 2.68. The predicted molar refractivity (Wildman–Crippen MR) is 78.6 cm³/mol. The molecule has 0 radical (unpaired) electrons. The van der Waals surface area contributed by atoms with Gasteiger partial charge in [0.2, 0.25) is 0 Å². The van der Waals surface area contributed by atoms with E-state index in [4.69, 9.17) is 4.74 Å². The first-order valence-electron chi connectivity index (χ1n) is 6.94. The number of ether oxygens (including phenoxy) is 1. The molecule has 0 fully saturated rings. The minimum Gasteiger partial charge on any atom is -0.462 e. The van der Waals surface area contributed by atoms with E-state index in [9.17, 15) is 4.79 Å². The van der Waals surface area contributed by atoms with Crippen molar-refractivity contribution in [3.63, 3.8) is 0 Å². The molecule has 5 heteroatoms. The molecule has 0 aliphatic heterocycles. The maximum atomic E-state index is 11.9. The summed E-state index contributed by atoms with van der Waals surface area (Å²) in [4.78, 5) is 17.2. The molecular formula is C14H24N2O2S. The summed E-state index contributed by atoms with van der Waals surface area (Å²) < 4.78 is 5.10. The quantitative estimate of drug-likeness (QED) is 0.589. The third kappa shape index (κ3) is 5.28. The van der Waals surface area contributed by atoms with Gasteiger partial charge in [-0.25, -0.2) is 9.78 Å². The van der Waals surface area contributed by atoms with Gasteiger partial charge in [0.1, 0.15) is 9.88 Å². The van der Waals surface area contributed by atoms with Crippen molar-refractivity contribution in [2.75, 3.05) is 13.2 Å². The maximum absolute atomic E-state index is 11.9. The van der Waals surface area contributed by atoms with Gasteiger partial charge in [0, 0.05) is 6.54 Å². The molecule has 0 saturated carbocycles. The molecular weight excluding hydrogens is 260 g/mol. The van der Waals surface area contributed by atoms with Crippen LogP contribution in [0.15, 0.2) is 0 Å². The molecule has 0 unspecified atom stereocenters. The smallest absolute Gasteiger partial charge is 0.350 e. The highest BCUT2D eigenvalue weighted by atomic mass is 32.1. The molecule has 0 atom stereocenters. The third-order valence-corrected chi connectivity index (χ3v) is 3.58. The van der Waals surface area contributed by atoms with E-state index in [-0.39, 0.29) is 5.97 Å². The van der Waals surface area contributed by atoms with E-state index >= 15 is 0 Å². The normalized spacial score (nSPS) is 11.0. The molecule has 1 aromatic heterocycles. The van der Waals surface area contributed by atoms with Gasteiger partial charge in [-0.3, -0.25) is 0 Å². The Morgan fingerprint density at radius 1 is 1.42 bits per heavy atom. The summed E-state index contributed by atoms with van der Waals surface area (Å²) in [5.74, 6) is 0.240. The standard InChI is InChI=1S/C14H24N2O2S/c1-5-7-15-9-12-16-11(8-10(3)4)13(19-12)14(17)18-6-2/h10,15H,5-9H2,1-4H3. The number of hydrogen-bond acceptors (Lipinski definition) is 5. The van der Waals surface area contributed by atoms with Crippen molar-refractivity contribution in [3.8, 4) is 0 Å². The number of carbonyl (C=O) groups is 1. The fourth-order valence-electron chi connectivity index (χ4n) is 1.73. The average Bonchev–Trinajstić information content (AvgIpc) is 2.72. The van der Waals surface area contributed by atoms with Crippen LogP contribution in [-0.4, -0.2) is 24.1 Å². The Hall–Kier alpha value is -0.940. The maximum Gasteiger partial charge on any atom is 0.350 e. The number of esters is 1. The topological polar surface area (TPSA) is 51.2 Å². The molecule has 0 spiro atoms. The van der Waals surface area contributed by atoms with E-state index in [2.05, 4.69) is 31.1 Å². The average molecular weight is 284 g/mol. The van der Waals surface area contributed by atoms with Crippen LogP contribution >= 0.6 is 11.3 Å². The Labute approximate surface area is 119 Å². The van der Waals surface area contributed by atoms with Crippen LogP contribution in [0.3, 0.4) is 0 Å². The van der Waals surface area contributed by atoms with Crippen LogP contribution < -0.4 is 5.32 Å². The summed E-state index contributed by atoms with van der Waals surface area (Å²) in [6.07, 6.45) is 1.91. The minimum atomic E-state index is -0.239. The number of thiazole rings is 1. The van der Waals surface area contributed by atoms with Crippen molar-refractivity contribution in [3.05, 3.63) is 15.6 Å². The number of carbonyl (C=O) groups excluding carboxylic acids is 1. The van der Waals surface area contributed by atoms with E-state index in [0.29, 0.717) is 17.4 Å². The van der Waals surface area contributed by atoms with Gasteiger partial charge in [0.15, 0.2) is 0 Å². The summed E-state index contributed by atoms with van der Waals surface area (Å²) in [6, 6.07) is 0. The summed E-state index contributed by atoms with van der Waals surface area (Å²) >= 11 is 1.45. The largest absolute Gasteiger partial charge is 0.462 e. The lowest BCUT2D eigenvalue weighted by atomic mass is 10.1. The van der Waals surface area contributed by atoms with Crippen LogP contribution in [0.2, 0.25) is 0 Å². The molecule has 19 heavy (non-hydrogen) atoms. The highest BCUT2D eigenvalue weighted by Crippen LogP contribution is 2.22. The van der Waals surface area contributed by atoms with Crippen LogP contribution in [0.25, 0.3) is 0 Å². The second-order valence-corrected chi connectivity index (χ2v) is 5.96. The SMILES string of the molecule is CCCNCc1nc(CC(C)C)c(C(=O)OCC)s1. The molecule has 0 amide bonds. The third-order valence-electron chi connectivity index (χ3n) is 2.51. The monoisotopic (exact) mass is 284 g/mol. The predicted octanol–water partition coefficient (Wildman–Crippen LogP) is 3.02. The van der Waals surface area contributed by atoms with Crippen molar-refractivity contribution < 1.29 is 9.53 Å². The van der Waals surface area contributed by atoms with E-state index in [1.54, 1.807) is 0 Å². The van der Waals surface area contributed by atoms with Crippen molar-refractivity contribution in [1.82, 2.24) is 10.3 Å². The molecule has 0 aromatic carbocycles. The molecule has 108 valence electrons. The Balaban J connectivity index is 2.82. The summed E-state index contributed by atoms with van der Waals surface area (Å²) in [5, 5.41) is 4.28. The number of aromatic nitrogens is 1. The molecule has 1 N–H and O–H groups in total. The zero-order chi connectivity index (χ0) is 14.3. The van der Waals surface area contributed by atoms with Crippen LogP contribution in [0.1, 0.15) is 54.5 Å². The van der Waals surface area contributed by atoms with E-state index < -0.39 is 0 Å². The molecule has 1 heterocycles. The van der Waals surface area contributed by atoms with Gasteiger partial charge >= 0.3 is 5.97 Å². The van der Waals surface area contributed by atoms with Gasteiger partial charge in [0.05, 0.1) is 12.3 Å². The first-order valence-corrected chi connectivity index (χ1v) is 7.76.